The van der Waals surface area contributed by atoms with Crippen molar-refractivity contribution in [2.24, 2.45) is 0 Å². The van der Waals surface area contributed by atoms with Crippen LogP contribution < -0.4 is 4.74 Å². The second kappa shape index (κ2) is 5.67. The topological polar surface area (TPSA) is 44.9 Å². The normalized spacial score (nSPS) is 14.2. The quantitative estimate of drug-likeness (QED) is 0.702. The summed E-state index contributed by atoms with van der Waals surface area (Å²) < 4.78 is 9.88. The Kier molecular flexibility index (Phi) is 3.39. The third-order valence-corrected chi connectivity index (χ3v) is 3.99. The largest absolute Gasteiger partial charge is 0.473 e. The van der Waals surface area contributed by atoms with Gasteiger partial charge in [-0.25, -0.2) is 9.97 Å². The highest BCUT2D eigenvalue weighted by atomic mass is 16.5. The molecule has 1 saturated carbocycles. The number of benzene rings is 1. The molecule has 0 radical (unpaired) electrons. The summed E-state index contributed by atoms with van der Waals surface area (Å²) in [6, 6.07) is 6.42. The highest BCUT2D eigenvalue weighted by Crippen LogP contribution is 2.43. The lowest BCUT2D eigenvalue weighted by molar-refractivity contribution is 0.236. The number of nitrogens with zero attached hydrogens (tertiary/aromatic N) is 4. The van der Waals surface area contributed by atoms with Gasteiger partial charge in [0.15, 0.2) is 6.73 Å². The molecule has 22 heavy (non-hydrogen) atoms. The van der Waals surface area contributed by atoms with Crippen LogP contribution in [0.25, 0.3) is 0 Å². The molecule has 0 atom stereocenters. The maximum Gasteiger partial charge on any atom is 0.165 e. The molecule has 112 valence electrons. The van der Waals surface area contributed by atoms with Crippen molar-refractivity contribution in [2.45, 2.75) is 32.0 Å². The summed E-state index contributed by atoms with van der Waals surface area (Å²) in [5, 5.41) is 0. The first-order chi connectivity index (χ1) is 10.9. The van der Waals surface area contributed by atoms with Crippen LogP contribution in [0.1, 0.15) is 29.9 Å². The molecule has 5 heteroatoms. The van der Waals surface area contributed by atoms with E-state index in [1.54, 1.807) is 12.5 Å². The van der Waals surface area contributed by atoms with Gasteiger partial charge in [0, 0.05) is 31.3 Å². The maximum absolute atomic E-state index is 5.86. The molecule has 2 heterocycles. The van der Waals surface area contributed by atoms with E-state index >= 15 is 0 Å². The van der Waals surface area contributed by atoms with Crippen molar-refractivity contribution >= 4 is 0 Å². The summed E-state index contributed by atoms with van der Waals surface area (Å²) in [5.41, 5.74) is 2.77. The Hall–Kier alpha value is -2.56. The van der Waals surface area contributed by atoms with Crippen molar-refractivity contribution in [1.29, 1.82) is 0 Å². The van der Waals surface area contributed by atoms with Crippen LogP contribution in [-0.4, -0.2) is 19.1 Å². The minimum absolute atomic E-state index is 0.491. The smallest absolute Gasteiger partial charge is 0.165 e. The zero-order valence-corrected chi connectivity index (χ0v) is 12.3. The van der Waals surface area contributed by atoms with E-state index < -0.39 is 0 Å². The molecule has 0 spiro atoms. The van der Waals surface area contributed by atoms with Crippen molar-refractivity contribution in [2.75, 3.05) is 0 Å². The molecule has 0 unspecified atom stereocenters. The van der Waals surface area contributed by atoms with Gasteiger partial charge >= 0.3 is 0 Å². The first kappa shape index (κ1) is 13.1. The molecule has 1 aliphatic carbocycles. The van der Waals surface area contributed by atoms with Crippen molar-refractivity contribution in [3.05, 3.63) is 66.8 Å². The van der Waals surface area contributed by atoms with Gasteiger partial charge in [-0.15, -0.1) is 0 Å². The fourth-order valence-electron chi connectivity index (χ4n) is 2.67. The molecule has 0 bridgehead atoms. The molecule has 1 aliphatic rings. The van der Waals surface area contributed by atoms with Crippen LogP contribution in [0.2, 0.25) is 0 Å². The highest BCUT2D eigenvalue weighted by molar-refractivity contribution is 5.40. The van der Waals surface area contributed by atoms with Gasteiger partial charge in [0.05, 0.1) is 12.7 Å². The number of imidazole rings is 2. The molecule has 1 fully saturated rings. The number of ether oxygens (including phenoxy) is 1. The average Bonchev–Trinajstić information content (AvgIpc) is 3.01. The van der Waals surface area contributed by atoms with Gasteiger partial charge in [0.1, 0.15) is 5.75 Å². The van der Waals surface area contributed by atoms with Gasteiger partial charge in [0.2, 0.25) is 0 Å². The number of hydrogen-bond acceptors (Lipinski definition) is 3. The van der Waals surface area contributed by atoms with Gasteiger partial charge in [-0.05, 0) is 42.0 Å². The van der Waals surface area contributed by atoms with Crippen LogP contribution >= 0.6 is 0 Å². The van der Waals surface area contributed by atoms with Crippen LogP contribution in [-0.2, 0) is 13.3 Å². The van der Waals surface area contributed by atoms with Gasteiger partial charge < -0.3 is 13.9 Å². The monoisotopic (exact) mass is 294 g/mol. The summed E-state index contributed by atoms with van der Waals surface area (Å²) in [5.74, 6) is 1.61. The minimum Gasteiger partial charge on any atom is -0.473 e. The Bertz CT molecular complexity index is 730. The first-order valence-corrected chi connectivity index (χ1v) is 7.55. The standard InChI is InChI=1S/C17H18N4O/c1-2-14(1)17-9-16(22-13-21-8-6-19-12-21)4-3-15(17)10-20-7-5-18-11-20/h3-9,11-12,14H,1-2,10,13H2. The number of rotatable bonds is 6. The fraction of sp³-hybridized carbons (Fsp3) is 0.294. The third-order valence-electron chi connectivity index (χ3n) is 3.99. The van der Waals surface area contributed by atoms with Gasteiger partial charge in [-0.3, -0.25) is 0 Å². The lowest BCUT2D eigenvalue weighted by atomic mass is 10.0. The van der Waals surface area contributed by atoms with E-state index in [0.29, 0.717) is 12.6 Å². The van der Waals surface area contributed by atoms with Crippen molar-refractivity contribution < 1.29 is 4.74 Å². The average molecular weight is 294 g/mol. The highest BCUT2D eigenvalue weighted by Gasteiger charge is 2.26. The molecule has 0 aliphatic heterocycles. The predicted octanol–water partition coefficient (Wildman–Crippen LogP) is 3.04. The Morgan fingerprint density at radius 3 is 2.50 bits per heavy atom. The van der Waals surface area contributed by atoms with Crippen molar-refractivity contribution in [3.63, 3.8) is 0 Å². The Balaban J connectivity index is 1.53. The van der Waals surface area contributed by atoms with E-state index in [9.17, 15) is 0 Å². The van der Waals surface area contributed by atoms with Crippen LogP contribution in [0.3, 0.4) is 0 Å². The predicted molar refractivity (Wildman–Crippen MR) is 82.6 cm³/mol. The summed E-state index contributed by atoms with van der Waals surface area (Å²) >= 11 is 0. The van der Waals surface area contributed by atoms with E-state index in [-0.39, 0.29) is 0 Å². The van der Waals surface area contributed by atoms with Crippen molar-refractivity contribution in [1.82, 2.24) is 19.1 Å². The zero-order valence-electron chi connectivity index (χ0n) is 12.3. The second-order valence-corrected chi connectivity index (χ2v) is 5.72. The van der Waals surface area contributed by atoms with E-state index in [0.717, 1.165) is 12.3 Å². The SMILES string of the molecule is c1cn(COc2ccc(Cn3ccnc3)c(C3CC3)c2)cn1. The minimum atomic E-state index is 0.491. The molecule has 5 nitrogen and oxygen atoms in total. The van der Waals surface area contributed by atoms with Gasteiger partial charge in [-0.2, -0.15) is 0 Å². The Labute approximate surface area is 129 Å². The van der Waals surface area contributed by atoms with E-state index in [2.05, 4.69) is 32.7 Å². The summed E-state index contributed by atoms with van der Waals surface area (Å²) in [4.78, 5) is 8.13. The zero-order chi connectivity index (χ0) is 14.8. The van der Waals surface area contributed by atoms with Crippen LogP contribution in [0, 0.1) is 0 Å². The molecule has 3 aromatic rings. The van der Waals surface area contributed by atoms with E-state index in [1.165, 1.54) is 24.0 Å². The van der Waals surface area contributed by atoms with E-state index in [1.807, 2.05) is 29.5 Å². The molecule has 0 saturated heterocycles. The molecule has 0 amide bonds. The lowest BCUT2D eigenvalue weighted by Gasteiger charge is -2.13. The third kappa shape index (κ3) is 2.88. The van der Waals surface area contributed by atoms with E-state index in [4.69, 9.17) is 4.74 Å². The summed E-state index contributed by atoms with van der Waals surface area (Å²) in [6.45, 7) is 1.36. The van der Waals surface area contributed by atoms with Crippen LogP contribution in [0.5, 0.6) is 5.75 Å². The molecule has 2 aromatic heterocycles. The molecule has 1 aromatic carbocycles. The summed E-state index contributed by atoms with van der Waals surface area (Å²) in [6.07, 6.45) is 13.7. The van der Waals surface area contributed by atoms with Crippen LogP contribution in [0.15, 0.2) is 55.6 Å². The summed E-state index contributed by atoms with van der Waals surface area (Å²) in [7, 11) is 0. The van der Waals surface area contributed by atoms with Crippen LogP contribution in [0.4, 0.5) is 0 Å². The molecular weight excluding hydrogens is 276 g/mol. The second-order valence-electron chi connectivity index (χ2n) is 5.72. The Morgan fingerprint density at radius 1 is 1.05 bits per heavy atom. The van der Waals surface area contributed by atoms with Crippen molar-refractivity contribution in [3.8, 4) is 5.75 Å². The Morgan fingerprint density at radius 2 is 1.82 bits per heavy atom. The fourth-order valence-corrected chi connectivity index (χ4v) is 2.67. The molecule has 4 rings (SSSR count). The van der Waals surface area contributed by atoms with Gasteiger partial charge in [-0.1, -0.05) is 6.07 Å². The van der Waals surface area contributed by atoms with Gasteiger partial charge in [0.25, 0.3) is 0 Å². The molecule has 0 N–H and O–H groups in total. The first-order valence-electron chi connectivity index (χ1n) is 7.55. The lowest BCUT2D eigenvalue weighted by Crippen LogP contribution is -2.04. The number of aromatic nitrogens is 4. The molecular formula is C17H18N4O. The number of hydrogen-bond donors (Lipinski definition) is 0. The maximum atomic E-state index is 5.86.